The van der Waals surface area contributed by atoms with E-state index in [0.29, 0.717) is 60.9 Å². The van der Waals surface area contributed by atoms with Gasteiger partial charge in [0.05, 0.1) is 18.8 Å². The average Bonchev–Trinajstić information content (AvgIpc) is 3.33. The largest absolute Gasteiger partial charge is 0.488 e. The van der Waals surface area contributed by atoms with Crippen LogP contribution < -0.4 is 15.0 Å². The zero-order valence-corrected chi connectivity index (χ0v) is 23.3. The van der Waals surface area contributed by atoms with Gasteiger partial charge in [0.2, 0.25) is 11.8 Å². The van der Waals surface area contributed by atoms with E-state index in [1.54, 1.807) is 36.4 Å². The van der Waals surface area contributed by atoms with E-state index < -0.39 is 23.6 Å². The Morgan fingerprint density at radius 2 is 1.79 bits per heavy atom. The highest BCUT2D eigenvalue weighted by Crippen LogP contribution is 2.34. The van der Waals surface area contributed by atoms with E-state index in [-0.39, 0.29) is 43.5 Å². The van der Waals surface area contributed by atoms with Crippen molar-refractivity contribution in [3.05, 3.63) is 99.9 Å². The van der Waals surface area contributed by atoms with Crippen LogP contribution in [0.5, 0.6) is 5.75 Å². The number of nitrogens with one attached hydrogen (secondary N) is 1. The molecule has 0 aromatic heterocycles. The molecule has 3 aromatic rings. The topological polar surface area (TPSA) is 86.6 Å². The molecule has 220 valence electrons. The number of carbonyl (C=O) groups is 3. The SMILES string of the molecule is [C-]#[N+]c1ccc(N2CCN(Cc3ccc(COc4cccc5c4CN([C@H]4CCC(=O)NC4=O)C5=O)c(F)c3)CC2)c(F)c1. The van der Waals surface area contributed by atoms with E-state index in [2.05, 4.69) is 15.1 Å². The van der Waals surface area contributed by atoms with Crippen LogP contribution in [-0.4, -0.2) is 59.7 Å². The van der Waals surface area contributed by atoms with E-state index in [1.807, 2.05) is 11.0 Å². The molecule has 0 aliphatic carbocycles. The van der Waals surface area contributed by atoms with E-state index in [4.69, 9.17) is 11.3 Å². The molecule has 0 spiro atoms. The lowest BCUT2D eigenvalue weighted by atomic mass is 10.0. The number of imide groups is 1. The molecule has 3 amide bonds. The highest BCUT2D eigenvalue weighted by molar-refractivity contribution is 6.05. The van der Waals surface area contributed by atoms with Gasteiger partial charge in [-0.2, -0.15) is 0 Å². The van der Waals surface area contributed by atoms with E-state index in [9.17, 15) is 18.8 Å². The van der Waals surface area contributed by atoms with Crippen molar-refractivity contribution in [3.8, 4) is 5.75 Å². The van der Waals surface area contributed by atoms with Crippen LogP contribution in [-0.2, 0) is 29.3 Å². The minimum absolute atomic E-state index is 0.0360. The van der Waals surface area contributed by atoms with Gasteiger partial charge >= 0.3 is 0 Å². The molecule has 3 heterocycles. The molecule has 9 nitrogen and oxygen atoms in total. The van der Waals surface area contributed by atoms with Crippen molar-refractivity contribution in [1.29, 1.82) is 0 Å². The summed E-state index contributed by atoms with van der Waals surface area (Å²) >= 11 is 0. The molecule has 3 aromatic carbocycles. The second-order valence-corrected chi connectivity index (χ2v) is 10.9. The molecule has 11 heteroatoms. The standard InChI is InChI=1S/C32H29F2N5O4/c1-35-22-7-8-27(26(34)16-22)38-13-11-37(12-14-38)17-20-5-6-21(25(33)15-20)19-43-29-4-2-3-23-24(29)18-39(32(23)42)28-9-10-30(40)36-31(28)41/h2-8,15-16,28H,9-14,17-19H2,(H,36,40,41)/t28-/m0/s1. The van der Waals surface area contributed by atoms with Gasteiger partial charge in [-0.25, -0.2) is 13.6 Å². The summed E-state index contributed by atoms with van der Waals surface area (Å²) in [7, 11) is 0. The van der Waals surface area contributed by atoms with Crippen LogP contribution in [0.1, 0.15) is 39.9 Å². The summed E-state index contributed by atoms with van der Waals surface area (Å²) in [5.41, 5.74) is 3.01. The van der Waals surface area contributed by atoms with E-state index >= 15 is 4.39 Å². The Balaban J connectivity index is 1.05. The number of benzene rings is 3. The zero-order chi connectivity index (χ0) is 30.1. The molecule has 2 fully saturated rings. The Bertz CT molecular complexity index is 1650. The summed E-state index contributed by atoms with van der Waals surface area (Å²) in [6, 6.07) is 13.9. The van der Waals surface area contributed by atoms with Gasteiger partial charge in [0.15, 0.2) is 5.69 Å². The second kappa shape index (κ2) is 11.8. The predicted molar refractivity (Wildman–Crippen MR) is 153 cm³/mol. The van der Waals surface area contributed by atoms with Gasteiger partial charge in [0.25, 0.3) is 5.91 Å². The smallest absolute Gasteiger partial charge is 0.255 e. The third-order valence-corrected chi connectivity index (χ3v) is 8.22. The van der Waals surface area contributed by atoms with Gasteiger partial charge in [-0.3, -0.25) is 24.6 Å². The molecule has 0 unspecified atom stereocenters. The number of hydrogen-bond donors (Lipinski definition) is 1. The molecule has 0 saturated carbocycles. The predicted octanol–water partition coefficient (Wildman–Crippen LogP) is 4.18. The fourth-order valence-electron chi connectivity index (χ4n) is 5.88. The highest BCUT2D eigenvalue weighted by Gasteiger charge is 2.40. The molecule has 1 N–H and O–H groups in total. The number of ether oxygens (including phenoxy) is 1. The van der Waals surface area contributed by atoms with Crippen molar-refractivity contribution < 1.29 is 27.9 Å². The number of piperazine rings is 1. The molecule has 3 aliphatic rings. The quantitative estimate of drug-likeness (QED) is 0.331. The van der Waals surface area contributed by atoms with Crippen molar-refractivity contribution in [1.82, 2.24) is 15.1 Å². The lowest BCUT2D eigenvalue weighted by molar-refractivity contribution is -0.136. The third-order valence-electron chi connectivity index (χ3n) is 8.22. The second-order valence-electron chi connectivity index (χ2n) is 10.9. The summed E-state index contributed by atoms with van der Waals surface area (Å²) in [6.07, 6.45) is 0.440. The van der Waals surface area contributed by atoms with Gasteiger partial charge in [0.1, 0.15) is 30.0 Å². The van der Waals surface area contributed by atoms with Gasteiger partial charge < -0.3 is 14.5 Å². The van der Waals surface area contributed by atoms with Crippen LogP contribution in [0.2, 0.25) is 0 Å². The van der Waals surface area contributed by atoms with Crippen molar-refractivity contribution in [2.75, 3.05) is 31.1 Å². The number of rotatable bonds is 7. The first-order chi connectivity index (χ1) is 20.8. The third kappa shape index (κ3) is 5.79. The molecule has 2 saturated heterocycles. The number of halogens is 2. The lowest BCUT2D eigenvalue weighted by Gasteiger charge is -2.36. The molecule has 3 aliphatic heterocycles. The van der Waals surface area contributed by atoms with Crippen molar-refractivity contribution in [2.45, 2.75) is 38.6 Å². The van der Waals surface area contributed by atoms with E-state index in [1.165, 1.54) is 17.0 Å². The van der Waals surface area contributed by atoms with Gasteiger partial charge in [0, 0.05) is 55.8 Å². The molecule has 1 atom stereocenters. The Morgan fingerprint density at radius 1 is 0.977 bits per heavy atom. The Labute approximate surface area is 247 Å². The number of fused-ring (bicyclic) bond motifs is 1. The Kier molecular flexibility index (Phi) is 7.78. The fraction of sp³-hybridized carbons (Fsp3) is 0.312. The van der Waals surface area contributed by atoms with E-state index in [0.717, 1.165) is 5.56 Å². The van der Waals surface area contributed by atoms with Crippen LogP contribution >= 0.6 is 0 Å². The normalized spacial score (nSPS) is 18.8. The summed E-state index contributed by atoms with van der Waals surface area (Å²) in [6.45, 7) is 10.3. The maximum Gasteiger partial charge on any atom is 0.255 e. The molecule has 0 radical (unpaired) electrons. The van der Waals surface area contributed by atoms with Crippen LogP contribution in [0.15, 0.2) is 54.6 Å². The summed E-state index contributed by atoms with van der Waals surface area (Å²) in [5.74, 6) is -1.48. The Morgan fingerprint density at radius 3 is 2.51 bits per heavy atom. The molecular formula is C32H29F2N5O4. The molecular weight excluding hydrogens is 556 g/mol. The van der Waals surface area contributed by atoms with Crippen LogP contribution in [0, 0.1) is 18.2 Å². The molecule has 6 rings (SSSR count). The van der Waals surface area contributed by atoms with Gasteiger partial charge in [-0.1, -0.05) is 24.3 Å². The van der Waals surface area contributed by atoms with Crippen molar-refractivity contribution >= 4 is 29.1 Å². The van der Waals surface area contributed by atoms with Crippen molar-refractivity contribution in [3.63, 3.8) is 0 Å². The first-order valence-corrected chi connectivity index (χ1v) is 14.1. The molecule has 43 heavy (non-hydrogen) atoms. The summed E-state index contributed by atoms with van der Waals surface area (Å²) in [5, 5.41) is 2.29. The zero-order valence-electron chi connectivity index (χ0n) is 23.3. The highest BCUT2D eigenvalue weighted by atomic mass is 19.1. The minimum Gasteiger partial charge on any atom is -0.488 e. The average molecular weight is 586 g/mol. The number of anilines is 1. The van der Waals surface area contributed by atoms with Gasteiger partial charge in [-0.05, 0) is 42.3 Å². The first kappa shape index (κ1) is 28.3. The summed E-state index contributed by atoms with van der Waals surface area (Å²) < 4.78 is 35.5. The van der Waals surface area contributed by atoms with Crippen molar-refractivity contribution in [2.24, 2.45) is 0 Å². The monoisotopic (exact) mass is 585 g/mol. The maximum absolute atomic E-state index is 15.1. The minimum atomic E-state index is -0.725. The fourth-order valence-corrected chi connectivity index (χ4v) is 5.88. The van der Waals surface area contributed by atoms with Crippen LogP contribution in [0.25, 0.3) is 4.85 Å². The number of nitrogens with zero attached hydrogens (tertiary/aromatic N) is 4. The Hall–Kier alpha value is -4.82. The number of hydrogen-bond acceptors (Lipinski definition) is 6. The lowest BCUT2D eigenvalue weighted by Crippen LogP contribution is -2.52. The first-order valence-electron chi connectivity index (χ1n) is 14.1. The van der Waals surface area contributed by atoms with Crippen LogP contribution in [0.4, 0.5) is 20.2 Å². The maximum atomic E-state index is 15.1. The summed E-state index contributed by atoms with van der Waals surface area (Å²) in [4.78, 5) is 45.8. The molecule has 0 bridgehead atoms. The number of carbonyl (C=O) groups excluding carboxylic acids is 3. The van der Waals surface area contributed by atoms with Gasteiger partial charge in [-0.15, -0.1) is 0 Å². The van der Waals surface area contributed by atoms with Crippen LogP contribution in [0.3, 0.4) is 0 Å². The number of piperidine rings is 1. The number of amides is 3.